The highest BCUT2D eigenvalue weighted by Gasteiger charge is 2.24. The number of alkyl halides is 1. The van der Waals surface area contributed by atoms with Gasteiger partial charge < -0.3 is 4.74 Å². The maximum Gasteiger partial charge on any atom is 0.0702 e. The highest BCUT2D eigenvalue weighted by atomic mass is 35.5. The summed E-state index contributed by atoms with van der Waals surface area (Å²) in [6.07, 6.45) is 4.12. The largest absolute Gasteiger partial charge is 0.377 e. The molecule has 2 heterocycles. The van der Waals surface area contributed by atoms with Crippen molar-refractivity contribution in [2.75, 3.05) is 26.2 Å². The monoisotopic (exact) mass is 189 g/mol. The van der Waals surface area contributed by atoms with Crippen LogP contribution in [0.3, 0.4) is 0 Å². The van der Waals surface area contributed by atoms with Crippen molar-refractivity contribution in [1.29, 1.82) is 0 Å². The molecule has 12 heavy (non-hydrogen) atoms. The first-order valence-electron chi connectivity index (χ1n) is 4.82. The fourth-order valence-corrected chi connectivity index (χ4v) is 2.32. The number of nitrogens with zero attached hydrogens (tertiary/aromatic N) is 1. The molecule has 0 amide bonds. The molecule has 0 aliphatic carbocycles. The van der Waals surface area contributed by atoms with Gasteiger partial charge in [-0.2, -0.15) is 0 Å². The normalized spacial score (nSPS) is 37.8. The summed E-state index contributed by atoms with van der Waals surface area (Å²) in [6.45, 7) is 4.28. The average Bonchev–Trinajstić information content (AvgIpc) is 2.63. The molecule has 2 nitrogen and oxygen atoms in total. The number of halogens is 1. The quantitative estimate of drug-likeness (QED) is 0.611. The summed E-state index contributed by atoms with van der Waals surface area (Å²) >= 11 is 6.01. The second-order valence-corrected chi connectivity index (χ2v) is 4.40. The van der Waals surface area contributed by atoms with Gasteiger partial charge in [-0.15, -0.1) is 11.6 Å². The van der Waals surface area contributed by atoms with Crippen molar-refractivity contribution in [2.24, 2.45) is 0 Å². The molecule has 2 unspecified atom stereocenters. The predicted molar refractivity (Wildman–Crippen MR) is 49.7 cm³/mol. The third kappa shape index (κ3) is 2.12. The molecule has 0 aromatic rings. The Morgan fingerprint density at radius 2 is 2.33 bits per heavy atom. The number of rotatable bonds is 2. The zero-order valence-electron chi connectivity index (χ0n) is 7.34. The van der Waals surface area contributed by atoms with E-state index in [1.165, 1.54) is 12.8 Å². The molecule has 0 N–H and O–H groups in total. The Kier molecular flexibility index (Phi) is 2.89. The molecule has 0 spiro atoms. The summed E-state index contributed by atoms with van der Waals surface area (Å²) in [4.78, 5) is 2.42. The summed E-state index contributed by atoms with van der Waals surface area (Å²) in [5.41, 5.74) is 0. The van der Waals surface area contributed by atoms with Crippen LogP contribution in [0.5, 0.6) is 0 Å². The Hall–Kier alpha value is 0.210. The van der Waals surface area contributed by atoms with Crippen molar-refractivity contribution in [3.63, 3.8) is 0 Å². The average molecular weight is 190 g/mol. The van der Waals surface area contributed by atoms with Crippen LogP contribution in [0.1, 0.15) is 19.3 Å². The topological polar surface area (TPSA) is 12.5 Å². The van der Waals surface area contributed by atoms with Crippen LogP contribution >= 0.6 is 11.6 Å². The third-order valence-electron chi connectivity index (χ3n) is 2.70. The second kappa shape index (κ2) is 3.95. The Morgan fingerprint density at radius 1 is 1.42 bits per heavy atom. The standard InChI is InChI=1S/C9H16ClNO/c10-8-3-4-11(6-8)7-9-2-1-5-12-9/h8-9H,1-7H2. The molecule has 0 saturated carbocycles. The molecule has 70 valence electrons. The van der Waals surface area contributed by atoms with Gasteiger partial charge in [0, 0.05) is 25.1 Å². The molecule has 2 atom stereocenters. The Balaban J connectivity index is 1.72. The molecule has 2 saturated heterocycles. The van der Waals surface area contributed by atoms with E-state index in [0.29, 0.717) is 11.5 Å². The van der Waals surface area contributed by atoms with Crippen molar-refractivity contribution >= 4 is 11.6 Å². The first-order chi connectivity index (χ1) is 5.84. The van der Waals surface area contributed by atoms with E-state index in [1.54, 1.807) is 0 Å². The Bertz CT molecular complexity index is 147. The van der Waals surface area contributed by atoms with Crippen molar-refractivity contribution in [3.8, 4) is 0 Å². The minimum atomic E-state index is 0.381. The maximum absolute atomic E-state index is 6.01. The fraction of sp³-hybridized carbons (Fsp3) is 1.00. The molecule has 0 aromatic heterocycles. The summed E-state index contributed by atoms with van der Waals surface area (Å²) in [5, 5.41) is 0.381. The lowest BCUT2D eigenvalue weighted by molar-refractivity contribution is 0.0808. The van der Waals surface area contributed by atoms with Gasteiger partial charge in [0.1, 0.15) is 0 Å². The first kappa shape index (κ1) is 8.79. The van der Waals surface area contributed by atoms with Crippen LogP contribution in [0.25, 0.3) is 0 Å². The van der Waals surface area contributed by atoms with E-state index in [9.17, 15) is 0 Å². The molecule has 2 rings (SSSR count). The molecular weight excluding hydrogens is 174 g/mol. The van der Waals surface area contributed by atoms with Crippen molar-refractivity contribution < 1.29 is 4.74 Å². The lowest BCUT2D eigenvalue weighted by atomic mass is 10.2. The van der Waals surface area contributed by atoms with Gasteiger partial charge in [0.15, 0.2) is 0 Å². The van der Waals surface area contributed by atoms with Gasteiger partial charge >= 0.3 is 0 Å². The second-order valence-electron chi connectivity index (χ2n) is 3.78. The summed E-state index contributed by atoms with van der Waals surface area (Å²) in [7, 11) is 0. The lowest BCUT2D eigenvalue weighted by Gasteiger charge is -2.18. The zero-order chi connectivity index (χ0) is 8.39. The molecule has 2 aliphatic heterocycles. The minimum absolute atomic E-state index is 0.381. The molecule has 2 aliphatic rings. The van der Waals surface area contributed by atoms with Gasteiger partial charge in [-0.3, -0.25) is 4.90 Å². The lowest BCUT2D eigenvalue weighted by Crippen LogP contribution is -2.30. The summed E-state index contributed by atoms with van der Waals surface area (Å²) in [5.74, 6) is 0. The predicted octanol–water partition coefficient (Wildman–Crippen LogP) is 1.48. The number of hydrogen-bond donors (Lipinski definition) is 0. The third-order valence-corrected chi connectivity index (χ3v) is 3.06. The highest BCUT2D eigenvalue weighted by molar-refractivity contribution is 6.20. The summed E-state index contributed by atoms with van der Waals surface area (Å²) in [6, 6.07) is 0. The molecule has 0 bridgehead atoms. The van der Waals surface area contributed by atoms with E-state index in [2.05, 4.69) is 4.90 Å². The smallest absolute Gasteiger partial charge is 0.0702 e. The number of likely N-dealkylation sites (tertiary alicyclic amines) is 1. The zero-order valence-corrected chi connectivity index (χ0v) is 8.09. The highest BCUT2D eigenvalue weighted by Crippen LogP contribution is 2.18. The van der Waals surface area contributed by atoms with Gasteiger partial charge in [-0.25, -0.2) is 0 Å². The van der Waals surface area contributed by atoms with Crippen LogP contribution in [0.15, 0.2) is 0 Å². The molecule has 0 radical (unpaired) electrons. The van der Waals surface area contributed by atoms with E-state index in [4.69, 9.17) is 16.3 Å². The van der Waals surface area contributed by atoms with Gasteiger partial charge in [-0.1, -0.05) is 0 Å². The van der Waals surface area contributed by atoms with Crippen LogP contribution in [-0.2, 0) is 4.74 Å². The number of hydrogen-bond acceptors (Lipinski definition) is 2. The molecule has 2 fully saturated rings. The van der Waals surface area contributed by atoms with Crippen LogP contribution in [0.4, 0.5) is 0 Å². The van der Waals surface area contributed by atoms with Gasteiger partial charge in [0.25, 0.3) is 0 Å². The van der Waals surface area contributed by atoms with Crippen LogP contribution in [-0.4, -0.2) is 42.6 Å². The molecular formula is C9H16ClNO. The minimum Gasteiger partial charge on any atom is -0.377 e. The van der Waals surface area contributed by atoms with E-state index < -0.39 is 0 Å². The Labute approximate surface area is 78.8 Å². The molecule has 0 aromatic carbocycles. The van der Waals surface area contributed by atoms with Crippen molar-refractivity contribution in [1.82, 2.24) is 4.90 Å². The summed E-state index contributed by atoms with van der Waals surface area (Å²) < 4.78 is 5.57. The SMILES string of the molecule is ClC1CCN(CC2CCCO2)C1. The van der Waals surface area contributed by atoms with Crippen molar-refractivity contribution in [3.05, 3.63) is 0 Å². The Morgan fingerprint density at radius 3 is 2.92 bits per heavy atom. The van der Waals surface area contributed by atoms with Gasteiger partial charge in [0.05, 0.1) is 6.10 Å². The van der Waals surface area contributed by atoms with Crippen LogP contribution < -0.4 is 0 Å². The molecule has 3 heteroatoms. The van der Waals surface area contributed by atoms with Crippen LogP contribution in [0, 0.1) is 0 Å². The van der Waals surface area contributed by atoms with E-state index in [1.807, 2.05) is 0 Å². The van der Waals surface area contributed by atoms with Gasteiger partial charge in [0.2, 0.25) is 0 Å². The maximum atomic E-state index is 6.01. The first-order valence-corrected chi connectivity index (χ1v) is 5.26. The number of ether oxygens (including phenoxy) is 1. The van der Waals surface area contributed by atoms with E-state index >= 15 is 0 Å². The van der Waals surface area contributed by atoms with Gasteiger partial charge in [-0.05, 0) is 25.8 Å². The van der Waals surface area contributed by atoms with E-state index in [0.717, 1.165) is 32.7 Å². The fourth-order valence-electron chi connectivity index (χ4n) is 2.03. The van der Waals surface area contributed by atoms with E-state index in [-0.39, 0.29) is 0 Å². The van der Waals surface area contributed by atoms with Crippen molar-refractivity contribution in [2.45, 2.75) is 30.7 Å². The van der Waals surface area contributed by atoms with Crippen LogP contribution in [0.2, 0.25) is 0 Å².